The molecule has 0 saturated carbocycles. The first-order valence-corrected chi connectivity index (χ1v) is 10.7. The van der Waals surface area contributed by atoms with Crippen molar-refractivity contribution in [2.45, 2.75) is 20.8 Å². The van der Waals surface area contributed by atoms with Gasteiger partial charge >= 0.3 is 0 Å². The molecule has 162 valence electrons. The van der Waals surface area contributed by atoms with E-state index in [9.17, 15) is 4.79 Å². The molecule has 4 rings (SSSR count). The highest BCUT2D eigenvalue weighted by Gasteiger charge is 2.15. The van der Waals surface area contributed by atoms with E-state index >= 15 is 0 Å². The third-order valence-corrected chi connectivity index (χ3v) is 5.88. The molecule has 0 aliphatic rings. The summed E-state index contributed by atoms with van der Waals surface area (Å²) >= 11 is 6.17. The van der Waals surface area contributed by atoms with Crippen molar-refractivity contribution in [2.75, 3.05) is 12.4 Å². The molecular formula is C27H24ClNO3. The normalized spacial score (nSPS) is 11.6. The van der Waals surface area contributed by atoms with E-state index in [0.29, 0.717) is 16.5 Å². The van der Waals surface area contributed by atoms with E-state index in [1.165, 1.54) is 5.56 Å². The van der Waals surface area contributed by atoms with Crippen LogP contribution in [0.2, 0.25) is 5.02 Å². The van der Waals surface area contributed by atoms with Gasteiger partial charge in [0.05, 0.1) is 13.4 Å². The molecule has 0 spiro atoms. The maximum Gasteiger partial charge on any atom is 0.248 e. The zero-order valence-corrected chi connectivity index (χ0v) is 19.2. The van der Waals surface area contributed by atoms with Crippen LogP contribution in [0.1, 0.15) is 23.6 Å². The number of carbonyl (C=O) groups is 1. The molecule has 0 bridgehead atoms. The molecule has 1 aromatic heterocycles. The van der Waals surface area contributed by atoms with E-state index < -0.39 is 0 Å². The van der Waals surface area contributed by atoms with Gasteiger partial charge in [0.15, 0.2) is 0 Å². The average Bonchev–Trinajstić information content (AvgIpc) is 3.18. The molecule has 4 aromatic rings. The third-order valence-electron chi connectivity index (χ3n) is 5.47. The maximum absolute atomic E-state index is 12.6. The summed E-state index contributed by atoms with van der Waals surface area (Å²) in [7, 11) is 1.61. The topological polar surface area (TPSA) is 51.5 Å². The summed E-state index contributed by atoms with van der Waals surface area (Å²) in [5.74, 6) is 0.401. The van der Waals surface area contributed by atoms with Crippen molar-refractivity contribution in [1.29, 1.82) is 0 Å². The van der Waals surface area contributed by atoms with Gasteiger partial charge in [0.1, 0.15) is 11.3 Å². The second-order valence-electron chi connectivity index (χ2n) is 7.84. The summed E-state index contributed by atoms with van der Waals surface area (Å²) in [5, 5.41) is 4.44. The fourth-order valence-electron chi connectivity index (χ4n) is 3.61. The number of benzene rings is 3. The molecule has 0 aliphatic heterocycles. The summed E-state index contributed by atoms with van der Waals surface area (Å²) in [6, 6.07) is 17.6. The number of fused-ring (bicyclic) bond motifs is 1. The maximum atomic E-state index is 12.6. The van der Waals surface area contributed by atoms with Gasteiger partial charge in [-0.05, 0) is 55.7 Å². The highest BCUT2D eigenvalue weighted by atomic mass is 35.5. The SMILES string of the molecule is COc1cc2occ(-c3ccc(C)cc3)c2cc1/C(C)=C/C(=O)Nc1ccc(C)c(Cl)c1. The molecule has 32 heavy (non-hydrogen) atoms. The van der Waals surface area contributed by atoms with Crippen molar-refractivity contribution in [3.63, 3.8) is 0 Å². The van der Waals surface area contributed by atoms with Crippen LogP contribution in [-0.2, 0) is 4.79 Å². The number of aryl methyl sites for hydroxylation is 2. The Morgan fingerprint density at radius 2 is 1.81 bits per heavy atom. The van der Waals surface area contributed by atoms with Crippen molar-refractivity contribution in [3.8, 4) is 16.9 Å². The molecule has 0 fully saturated rings. The molecular weight excluding hydrogens is 422 g/mol. The zero-order chi connectivity index (χ0) is 22.8. The lowest BCUT2D eigenvalue weighted by Crippen LogP contribution is -2.08. The lowest BCUT2D eigenvalue weighted by atomic mass is 9.99. The zero-order valence-electron chi connectivity index (χ0n) is 18.5. The van der Waals surface area contributed by atoms with Crippen LogP contribution in [0, 0.1) is 13.8 Å². The van der Waals surface area contributed by atoms with Gasteiger partial charge in [-0.3, -0.25) is 4.79 Å². The second kappa shape index (κ2) is 8.93. The van der Waals surface area contributed by atoms with E-state index in [-0.39, 0.29) is 5.91 Å². The number of ether oxygens (including phenoxy) is 1. The largest absolute Gasteiger partial charge is 0.496 e. The quantitative estimate of drug-likeness (QED) is 0.325. The number of anilines is 1. The van der Waals surface area contributed by atoms with Crippen LogP contribution < -0.4 is 10.1 Å². The van der Waals surface area contributed by atoms with Crippen molar-refractivity contribution in [2.24, 2.45) is 0 Å². The predicted molar refractivity (Wildman–Crippen MR) is 131 cm³/mol. The van der Waals surface area contributed by atoms with Crippen LogP contribution in [0.15, 0.2) is 71.4 Å². The number of rotatable bonds is 5. The van der Waals surface area contributed by atoms with Crippen LogP contribution in [0.4, 0.5) is 5.69 Å². The fourth-order valence-corrected chi connectivity index (χ4v) is 3.79. The number of hydrogen-bond donors (Lipinski definition) is 1. The number of carbonyl (C=O) groups excluding carboxylic acids is 1. The van der Waals surface area contributed by atoms with Crippen LogP contribution in [0.25, 0.3) is 27.7 Å². The van der Waals surface area contributed by atoms with E-state index in [0.717, 1.165) is 38.8 Å². The summed E-state index contributed by atoms with van der Waals surface area (Å²) in [6.45, 7) is 5.86. The molecule has 0 aliphatic carbocycles. The number of amides is 1. The van der Waals surface area contributed by atoms with Crippen molar-refractivity contribution < 1.29 is 13.9 Å². The van der Waals surface area contributed by atoms with E-state index in [1.54, 1.807) is 25.5 Å². The molecule has 1 heterocycles. The van der Waals surface area contributed by atoms with Crippen LogP contribution in [0.3, 0.4) is 0 Å². The number of nitrogens with one attached hydrogen (secondary N) is 1. The van der Waals surface area contributed by atoms with Gasteiger partial charge < -0.3 is 14.5 Å². The standard InChI is InChI=1S/C27H24ClNO3/c1-16-5-8-19(9-6-16)23-15-32-26-14-25(31-4)21(13-22(23)26)18(3)11-27(30)29-20-10-7-17(2)24(28)12-20/h5-15H,1-4H3,(H,29,30)/b18-11+. The van der Waals surface area contributed by atoms with E-state index in [4.69, 9.17) is 20.8 Å². The minimum Gasteiger partial charge on any atom is -0.496 e. The van der Waals surface area contributed by atoms with E-state index in [2.05, 4.69) is 36.5 Å². The number of halogens is 1. The van der Waals surface area contributed by atoms with Gasteiger partial charge in [0.2, 0.25) is 5.91 Å². The molecule has 3 aromatic carbocycles. The molecule has 1 amide bonds. The minimum atomic E-state index is -0.240. The molecule has 0 atom stereocenters. The van der Waals surface area contributed by atoms with E-state index in [1.807, 2.05) is 38.1 Å². The predicted octanol–water partition coefficient (Wildman–Crippen LogP) is 7.42. The van der Waals surface area contributed by atoms with Crippen molar-refractivity contribution >= 4 is 39.7 Å². The van der Waals surface area contributed by atoms with Crippen LogP contribution in [0.5, 0.6) is 5.75 Å². The lowest BCUT2D eigenvalue weighted by molar-refractivity contribution is -0.111. The molecule has 5 heteroatoms. The number of methoxy groups -OCH3 is 1. The van der Waals surface area contributed by atoms with Gasteiger partial charge in [0, 0.05) is 39.4 Å². The molecule has 0 unspecified atom stereocenters. The molecule has 4 nitrogen and oxygen atoms in total. The Kier molecular flexibility index (Phi) is 6.06. The number of hydrogen-bond acceptors (Lipinski definition) is 3. The van der Waals surface area contributed by atoms with Crippen LogP contribution in [-0.4, -0.2) is 13.0 Å². The fraction of sp³-hybridized carbons (Fsp3) is 0.148. The Morgan fingerprint density at radius 1 is 1.06 bits per heavy atom. The third kappa shape index (κ3) is 4.41. The smallest absolute Gasteiger partial charge is 0.248 e. The van der Waals surface area contributed by atoms with Gasteiger partial charge in [-0.15, -0.1) is 0 Å². The van der Waals surface area contributed by atoms with Crippen molar-refractivity contribution in [1.82, 2.24) is 0 Å². The summed E-state index contributed by atoms with van der Waals surface area (Å²) < 4.78 is 11.4. The number of allylic oxidation sites excluding steroid dienone is 1. The summed E-state index contributed by atoms with van der Waals surface area (Å²) in [4.78, 5) is 12.6. The number of furan rings is 1. The monoisotopic (exact) mass is 445 g/mol. The first-order valence-electron chi connectivity index (χ1n) is 10.3. The second-order valence-corrected chi connectivity index (χ2v) is 8.25. The molecule has 1 N–H and O–H groups in total. The minimum absolute atomic E-state index is 0.240. The van der Waals surface area contributed by atoms with Gasteiger partial charge in [-0.2, -0.15) is 0 Å². The Balaban J connectivity index is 1.69. The molecule has 0 saturated heterocycles. The highest BCUT2D eigenvalue weighted by Crippen LogP contribution is 2.37. The van der Waals surface area contributed by atoms with Gasteiger partial charge in [-0.25, -0.2) is 0 Å². The Bertz CT molecular complexity index is 1330. The Morgan fingerprint density at radius 3 is 2.50 bits per heavy atom. The lowest BCUT2D eigenvalue weighted by Gasteiger charge is -2.10. The highest BCUT2D eigenvalue weighted by molar-refractivity contribution is 6.31. The Labute approximate surface area is 192 Å². The van der Waals surface area contributed by atoms with Gasteiger partial charge in [0.25, 0.3) is 0 Å². The summed E-state index contributed by atoms with van der Waals surface area (Å²) in [5.41, 5.74) is 7.20. The summed E-state index contributed by atoms with van der Waals surface area (Å²) in [6.07, 6.45) is 3.31. The average molecular weight is 446 g/mol. The van der Waals surface area contributed by atoms with Crippen molar-refractivity contribution in [3.05, 3.63) is 88.6 Å². The molecule has 0 radical (unpaired) electrons. The Hall–Kier alpha value is -3.50. The van der Waals surface area contributed by atoms with Gasteiger partial charge in [-0.1, -0.05) is 47.5 Å². The first-order chi connectivity index (χ1) is 15.4. The van der Waals surface area contributed by atoms with Crippen LogP contribution >= 0.6 is 11.6 Å². The first kappa shape index (κ1) is 21.7.